The second-order valence-electron chi connectivity index (χ2n) is 3.17. The Bertz CT molecular complexity index is 281. The fourth-order valence-corrected chi connectivity index (χ4v) is 2.51. The van der Waals surface area contributed by atoms with Gasteiger partial charge in [0.05, 0.1) is 5.25 Å². The van der Waals surface area contributed by atoms with Crippen molar-refractivity contribution in [2.75, 3.05) is 5.75 Å². The summed E-state index contributed by atoms with van der Waals surface area (Å²) in [4.78, 5) is 4.14. The second-order valence-corrected chi connectivity index (χ2v) is 4.48. The molecule has 1 N–H and O–H groups in total. The molecule has 2 heterocycles. The number of hydrogen-bond donors (Lipinski definition) is 1. The Balaban J connectivity index is 2.12. The van der Waals surface area contributed by atoms with Crippen molar-refractivity contribution in [3.63, 3.8) is 0 Å². The molecule has 1 aromatic heterocycles. The maximum absolute atomic E-state index is 9.19. The van der Waals surface area contributed by atoms with Crippen LogP contribution >= 0.6 is 11.8 Å². The Hall–Kier alpha value is -0.550. The number of aliphatic hydroxyl groups is 1. The molecule has 5 heteroatoms. The van der Waals surface area contributed by atoms with Crippen LogP contribution in [0.5, 0.6) is 0 Å². The lowest BCUT2D eigenvalue weighted by Gasteiger charge is -1.99. The third kappa shape index (κ3) is 1.86. The zero-order valence-corrected chi connectivity index (χ0v) is 8.25. The summed E-state index contributed by atoms with van der Waals surface area (Å²) in [6, 6.07) is 0. The normalized spacial score (nSPS) is 24.9. The molecule has 1 fully saturated rings. The summed E-state index contributed by atoms with van der Waals surface area (Å²) in [5.74, 6) is 2.22. The third-order valence-electron chi connectivity index (χ3n) is 2.04. The summed E-state index contributed by atoms with van der Waals surface area (Å²) in [5, 5.41) is 13.2. The molecule has 2 unspecified atom stereocenters. The Kier molecular flexibility index (Phi) is 2.55. The highest BCUT2D eigenvalue weighted by Gasteiger charge is 2.24. The topological polar surface area (TPSA) is 59.2 Å². The quantitative estimate of drug-likeness (QED) is 0.787. The maximum atomic E-state index is 9.19. The fraction of sp³-hybridized carbons (Fsp3) is 0.750. The van der Waals surface area contributed by atoms with Gasteiger partial charge in [0.25, 0.3) is 0 Å². The third-order valence-corrected chi connectivity index (χ3v) is 3.40. The van der Waals surface area contributed by atoms with E-state index >= 15 is 0 Å². The van der Waals surface area contributed by atoms with E-state index in [1.165, 1.54) is 6.42 Å². The van der Waals surface area contributed by atoms with Crippen LogP contribution in [0.15, 0.2) is 4.52 Å². The Morgan fingerprint density at radius 1 is 1.69 bits per heavy atom. The molecule has 1 aliphatic rings. The van der Waals surface area contributed by atoms with Gasteiger partial charge in [0.15, 0.2) is 5.82 Å². The van der Waals surface area contributed by atoms with E-state index < -0.39 is 6.10 Å². The van der Waals surface area contributed by atoms with Crippen LogP contribution in [0.2, 0.25) is 0 Å². The summed E-state index contributed by atoms with van der Waals surface area (Å²) in [6.07, 6.45) is 1.68. The molecule has 2 rings (SSSR count). The van der Waals surface area contributed by atoms with E-state index in [-0.39, 0.29) is 0 Å². The van der Waals surface area contributed by atoms with Gasteiger partial charge in [-0.15, -0.1) is 11.8 Å². The van der Waals surface area contributed by atoms with E-state index in [0.29, 0.717) is 17.0 Å². The largest absolute Gasteiger partial charge is 0.385 e. The SMILES string of the molecule is CC(O)c1noc(C2CCCS2)n1. The predicted octanol–water partition coefficient (Wildman–Crippen LogP) is 1.69. The van der Waals surface area contributed by atoms with Gasteiger partial charge in [-0.05, 0) is 25.5 Å². The van der Waals surface area contributed by atoms with Gasteiger partial charge >= 0.3 is 0 Å². The molecule has 4 nitrogen and oxygen atoms in total. The van der Waals surface area contributed by atoms with Crippen LogP contribution in [0.25, 0.3) is 0 Å². The average molecular weight is 200 g/mol. The van der Waals surface area contributed by atoms with Crippen molar-refractivity contribution in [3.8, 4) is 0 Å². The van der Waals surface area contributed by atoms with Gasteiger partial charge in [-0.2, -0.15) is 4.98 Å². The van der Waals surface area contributed by atoms with Gasteiger partial charge in [0.1, 0.15) is 6.10 Å². The molecule has 72 valence electrons. The zero-order valence-electron chi connectivity index (χ0n) is 7.43. The van der Waals surface area contributed by atoms with Gasteiger partial charge in [-0.1, -0.05) is 5.16 Å². The number of aliphatic hydroxyl groups excluding tert-OH is 1. The van der Waals surface area contributed by atoms with Crippen molar-refractivity contribution < 1.29 is 9.63 Å². The lowest BCUT2D eigenvalue weighted by Crippen LogP contribution is -1.94. The van der Waals surface area contributed by atoms with E-state index in [4.69, 9.17) is 4.52 Å². The molecule has 0 radical (unpaired) electrons. The van der Waals surface area contributed by atoms with E-state index in [2.05, 4.69) is 10.1 Å². The molecule has 1 aliphatic heterocycles. The van der Waals surface area contributed by atoms with Crippen molar-refractivity contribution in [1.29, 1.82) is 0 Å². The van der Waals surface area contributed by atoms with Gasteiger partial charge in [0.2, 0.25) is 5.89 Å². The van der Waals surface area contributed by atoms with Crippen LogP contribution < -0.4 is 0 Å². The highest BCUT2D eigenvalue weighted by molar-refractivity contribution is 7.99. The van der Waals surface area contributed by atoms with Crippen LogP contribution in [-0.4, -0.2) is 21.0 Å². The average Bonchev–Trinajstić information content (AvgIpc) is 2.75. The standard InChI is InChI=1S/C8H12N2O2S/c1-5(11)7-9-8(12-10-7)6-3-2-4-13-6/h5-6,11H,2-4H2,1H3. The van der Waals surface area contributed by atoms with Crippen molar-refractivity contribution in [3.05, 3.63) is 11.7 Å². The van der Waals surface area contributed by atoms with Crippen LogP contribution in [0, 0.1) is 0 Å². The first-order chi connectivity index (χ1) is 6.27. The fourth-order valence-electron chi connectivity index (χ4n) is 1.32. The van der Waals surface area contributed by atoms with Crippen molar-refractivity contribution >= 4 is 11.8 Å². The Morgan fingerprint density at radius 2 is 2.54 bits per heavy atom. The molecule has 0 saturated carbocycles. The van der Waals surface area contributed by atoms with E-state index in [0.717, 1.165) is 12.2 Å². The number of hydrogen-bond acceptors (Lipinski definition) is 5. The smallest absolute Gasteiger partial charge is 0.239 e. The molecular formula is C8H12N2O2S. The first-order valence-corrected chi connectivity index (χ1v) is 5.45. The number of thioether (sulfide) groups is 1. The second kappa shape index (κ2) is 3.67. The minimum atomic E-state index is -0.635. The van der Waals surface area contributed by atoms with Gasteiger partial charge < -0.3 is 9.63 Å². The van der Waals surface area contributed by atoms with Crippen LogP contribution in [0.3, 0.4) is 0 Å². The molecule has 0 bridgehead atoms. The highest BCUT2D eigenvalue weighted by Crippen LogP contribution is 2.38. The number of aromatic nitrogens is 2. The molecule has 0 spiro atoms. The van der Waals surface area contributed by atoms with E-state index in [1.807, 2.05) is 11.8 Å². The summed E-state index contributed by atoms with van der Waals surface area (Å²) in [5.41, 5.74) is 0. The minimum Gasteiger partial charge on any atom is -0.385 e. The minimum absolute atomic E-state index is 0.347. The molecule has 1 saturated heterocycles. The van der Waals surface area contributed by atoms with E-state index in [9.17, 15) is 5.11 Å². The maximum Gasteiger partial charge on any atom is 0.239 e. The molecule has 2 atom stereocenters. The monoisotopic (exact) mass is 200 g/mol. The van der Waals surface area contributed by atoms with Crippen LogP contribution in [-0.2, 0) is 0 Å². The summed E-state index contributed by atoms with van der Waals surface area (Å²) >= 11 is 1.84. The van der Waals surface area contributed by atoms with Crippen LogP contribution in [0.4, 0.5) is 0 Å². The Labute approximate surface area is 80.7 Å². The molecule has 0 aromatic carbocycles. The highest BCUT2D eigenvalue weighted by atomic mass is 32.2. The lowest BCUT2D eigenvalue weighted by atomic mass is 10.2. The lowest BCUT2D eigenvalue weighted by molar-refractivity contribution is 0.184. The van der Waals surface area contributed by atoms with Crippen molar-refractivity contribution in [1.82, 2.24) is 10.1 Å². The number of nitrogens with zero attached hydrogens (tertiary/aromatic N) is 2. The number of rotatable bonds is 2. The molecular weight excluding hydrogens is 188 g/mol. The molecule has 0 amide bonds. The van der Waals surface area contributed by atoms with Gasteiger partial charge in [0, 0.05) is 0 Å². The molecule has 0 aliphatic carbocycles. The van der Waals surface area contributed by atoms with Crippen molar-refractivity contribution in [2.24, 2.45) is 0 Å². The van der Waals surface area contributed by atoms with Crippen LogP contribution in [0.1, 0.15) is 42.8 Å². The van der Waals surface area contributed by atoms with Crippen molar-refractivity contribution in [2.45, 2.75) is 31.1 Å². The summed E-state index contributed by atoms with van der Waals surface area (Å²) in [7, 11) is 0. The summed E-state index contributed by atoms with van der Waals surface area (Å²) in [6.45, 7) is 1.64. The predicted molar refractivity (Wildman–Crippen MR) is 49.4 cm³/mol. The summed E-state index contributed by atoms with van der Waals surface area (Å²) < 4.78 is 5.07. The zero-order chi connectivity index (χ0) is 9.26. The Morgan fingerprint density at radius 3 is 3.08 bits per heavy atom. The van der Waals surface area contributed by atoms with Gasteiger partial charge in [-0.25, -0.2) is 0 Å². The first-order valence-electron chi connectivity index (χ1n) is 4.40. The van der Waals surface area contributed by atoms with E-state index in [1.54, 1.807) is 6.92 Å². The molecule has 1 aromatic rings. The molecule has 13 heavy (non-hydrogen) atoms. The first kappa shape index (κ1) is 9.02. The van der Waals surface area contributed by atoms with Gasteiger partial charge in [-0.3, -0.25) is 0 Å².